The number of nitrogens with two attached hydrogens (primary N) is 1. The van der Waals surface area contributed by atoms with Crippen LogP contribution in [0.1, 0.15) is 27.9 Å². The summed E-state index contributed by atoms with van der Waals surface area (Å²) in [5.74, 6) is -0.829. The predicted octanol–water partition coefficient (Wildman–Crippen LogP) is 2.43. The van der Waals surface area contributed by atoms with Crippen LogP contribution in [0.2, 0.25) is 0 Å². The zero-order valence-electron chi connectivity index (χ0n) is 10.6. The Morgan fingerprint density at radius 3 is 2.89 bits per heavy atom. The number of aromatic carboxylic acids is 1. The minimum Gasteiger partial charge on any atom is -0.478 e. The molecule has 0 amide bonds. The highest BCUT2D eigenvalue weighted by molar-refractivity contribution is 7.15. The second-order valence-corrected chi connectivity index (χ2v) is 5.17. The summed E-state index contributed by atoms with van der Waals surface area (Å²) < 4.78 is 0. The summed E-state index contributed by atoms with van der Waals surface area (Å²) in [6.45, 7) is 4.01. The van der Waals surface area contributed by atoms with Gasteiger partial charge in [0.2, 0.25) is 0 Å². The predicted molar refractivity (Wildman–Crippen MR) is 75.1 cm³/mol. The second kappa shape index (κ2) is 5.23. The first kappa shape index (κ1) is 13.3. The van der Waals surface area contributed by atoms with Gasteiger partial charge in [0.15, 0.2) is 5.13 Å². The van der Waals surface area contributed by atoms with Gasteiger partial charge in [0.05, 0.1) is 17.6 Å². The molecule has 0 aliphatic heterocycles. The first-order valence-corrected chi connectivity index (χ1v) is 6.55. The first-order chi connectivity index (χ1) is 9.01. The number of carboxylic acids is 1. The Kier molecular flexibility index (Phi) is 3.66. The maximum atomic E-state index is 11.1. The molecule has 19 heavy (non-hydrogen) atoms. The molecule has 0 radical (unpaired) electrons. The fourth-order valence-electron chi connectivity index (χ4n) is 1.65. The van der Waals surface area contributed by atoms with Crippen molar-refractivity contribution in [2.45, 2.75) is 20.3 Å². The van der Waals surface area contributed by atoms with Crippen LogP contribution in [0.3, 0.4) is 0 Å². The molecule has 0 fully saturated rings. The van der Waals surface area contributed by atoms with Crippen LogP contribution in [-0.2, 0) is 6.42 Å². The number of pyridine rings is 1. The van der Waals surface area contributed by atoms with E-state index in [9.17, 15) is 4.79 Å². The first-order valence-electron chi connectivity index (χ1n) is 5.73. The minimum absolute atomic E-state index is 0.0332. The lowest BCUT2D eigenvalue weighted by Crippen LogP contribution is -2.06. The van der Waals surface area contributed by atoms with Crippen molar-refractivity contribution >= 4 is 33.9 Å². The van der Waals surface area contributed by atoms with Gasteiger partial charge in [-0.15, -0.1) is 11.3 Å². The van der Waals surface area contributed by atoms with Gasteiger partial charge in [-0.25, -0.2) is 14.8 Å². The highest BCUT2D eigenvalue weighted by Gasteiger charge is 2.14. The van der Waals surface area contributed by atoms with E-state index >= 15 is 0 Å². The number of carboxylic acid groups (broad SMARTS) is 1. The molecule has 0 aromatic carbocycles. The molecule has 0 aliphatic carbocycles. The van der Waals surface area contributed by atoms with Gasteiger partial charge in [-0.05, 0) is 19.4 Å². The van der Waals surface area contributed by atoms with Crippen molar-refractivity contribution in [1.29, 1.82) is 0 Å². The highest BCUT2D eigenvalue weighted by atomic mass is 32.1. The van der Waals surface area contributed by atoms with E-state index in [1.54, 1.807) is 0 Å². The quantitative estimate of drug-likeness (QED) is 0.794. The molecule has 0 bridgehead atoms. The van der Waals surface area contributed by atoms with Crippen LogP contribution >= 0.6 is 11.3 Å². The van der Waals surface area contributed by atoms with E-state index in [0.29, 0.717) is 10.8 Å². The molecule has 0 saturated carbocycles. The number of aryl methyl sites for hydroxylation is 2. The lowest BCUT2D eigenvalue weighted by molar-refractivity contribution is 0.0697. The molecule has 2 heterocycles. The fraction of sp³-hybridized carbons (Fsp3) is 0.250. The van der Waals surface area contributed by atoms with E-state index in [1.807, 2.05) is 13.8 Å². The Labute approximate surface area is 114 Å². The van der Waals surface area contributed by atoms with Gasteiger partial charge in [0, 0.05) is 4.88 Å². The molecule has 2 aromatic heterocycles. The van der Waals surface area contributed by atoms with Gasteiger partial charge in [-0.1, -0.05) is 6.92 Å². The van der Waals surface area contributed by atoms with Gasteiger partial charge in [0.1, 0.15) is 11.4 Å². The molecule has 0 spiro atoms. The molecule has 2 rings (SSSR count). The zero-order valence-corrected chi connectivity index (χ0v) is 11.4. The lowest BCUT2D eigenvalue weighted by Gasteiger charge is -2.06. The number of hydrogen-bond acceptors (Lipinski definition) is 6. The molecule has 6 nitrogen and oxygen atoms in total. The van der Waals surface area contributed by atoms with E-state index in [0.717, 1.165) is 17.0 Å². The Balaban J connectivity index is 2.34. The van der Waals surface area contributed by atoms with Crippen molar-refractivity contribution < 1.29 is 9.90 Å². The summed E-state index contributed by atoms with van der Waals surface area (Å²) in [7, 11) is 0. The number of aromatic nitrogens is 2. The average Bonchev–Trinajstić information content (AvgIpc) is 2.71. The third-order valence-electron chi connectivity index (χ3n) is 2.59. The number of rotatable bonds is 4. The van der Waals surface area contributed by atoms with Crippen LogP contribution in [0.4, 0.5) is 16.6 Å². The number of nitrogens with one attached hydrogen (secondary N) is 1. The van der Waals surface area contributed by atoms with Gasteiger partial charge in [-0.3, -0.25) is 0 Å². The SMILES string of the molecule is CCc1nc(Nc2ncc(N)cc2C(=O)O)sc1C. The van der Waals surface area contributed by atoms with E-state index in [4.69, 9.17) is 10.8 Å². The molecule has 2 aromatic rings. The molecule has 4 N–H and O–H groups in total. The molecule has 7 heteroatoms. The van der Waals surface area contributed by atoms with Crippen molar-refractivity contribution in [1.82, 2.24) is 9.97 Å². The molecule has 0 unspecified atom stereocenters. The summed E-state index contributed by atoms with van der Waals surface area (Å²) in [4.78, 5) is 20.6. The largest absolute Gasteiger partial charge is 0.478 e. The maximum absolute atomic E-state index is 11.1. The van der Waals surface area contributed by atoms with Crippen molar-refractivity contribution in [2.24, 2.45) is 0 Å². The number of thiazole rings is 1. The van der Waals surface area contributed by atoms with Crippen LogP contribution in [0.15, 0.2) is 12.3 Å². The normalized spacial score (nSPS) is 10.4. The Morgan fingerprint density at radius 2 is 2.32 bits per heavy atom. The lowest BCUT2D eigenvalue weighted by atomic mass is 10.2. The zero-order chi connectivity index (χ0) is 14.0. The van der Waals surface area contributed by atoms with Crippen molar-refractivity contribution in [3.8, 4) is 0 Å². The van der Waals surface area contributed by atoms with E-state index < -0.39 is 5.97 Å². The third kappa shape index (κ3) is 2.82. The van der Waals surface area contributed by atoms with E-state index in [2.05, 4.69) is 15.3 Å². The Morgan fingerprint density at radius 1 is 1.58 bits per heavy atom. The Bertz CT molecular complexity index is 624. The number of carbonyl (C=O) groups is 1. The standard InChI is InChI=1S/C12H14N4O2S/c1-3-9-6(2)19-12(15-9)16-10-8(11(17)18)4-7(13)5-14-10/h4-5H,3,13H2,1-2H3,(H,17,18)(H,14,15,16). The van der Waals surface area contributed by atoms with E-state index in [1.165, 1.54) is 23.6 Å². The smallest absolute Gasteiger partial charge is 0.339 e. The summed E-state index contributed by atoms with van der Waals surface area (Å²) in [5, 5.41) is 12.7. The fourth-order valence-corrected chi connectivity index (χ4v) is 2.56. The molecule has 0 saturated heterocycles. The monoisotopic (exact) mass is 278 g/mol. The van der Waals surface area contributed by atoms with Gasteiger partial charge in [-0.2, -0.15) is 0 Å². The van der Waals surface area contributed by atoms with Gasteiger partial charge >= 0.3 is 5.97 Å². The van der Waals surface area contributed by atoms with Gasteiger partial charge < -0.3 is 16.2 Å². The van der Waals surface area contributed by atoms with Crippen LogP contribution < -0.4 is 11.1 Å². The molecular formula is C12H14N4O2S. The number of anilines is 3. The number of hydrogen-bond donors (Lipinski definition) is 3. The highest BCUT2D eigenvalue weighted by Crippen LogP contribution is 2.26. The minimum atomic E-state index is -1.08. The maximum Gasteiger partial charge on any atom is 0.339 e. The number of nitrogens with zero attached hydrogens (tertiary/aromatic N) is 2. The third-order valence-corrected chi connectivity index (χ3v) is 3.52. The molecular weight excluding hydrogens is 264 g/mol. The summed E-state index contributed by atoms with van der Waals surface area (Å²) in [6.07, 6.45) is 2.25. The average molecular weight is 278 g/mol. The summed E-state index contributed by atoms with van der Waals surface area (Å²) in [6, 6.07) is 1.37. The van der Waals surface area contributed by atoms with E-state index in [-0.39, 0.29) is 11.4 Å². The van der Waals surface area contributed by atoms with Crippen LogP contribution in [0, 0.1) is 6.92 Å². The van der Waals surface area contributed by atoms with Crippen molar-refractivity contribution in [3.63, 3.8) is 0 Å². The second-order valence-electron chi connectivity index (χ2n) is 3.97. The van der Waals surface area contributed by atoms with Crippen LogP contribution in [0.25, 0.3) is 0 Å². The topological polar surface area (TPSA) is 101 Å². The van der Waals surface area contributed by atoms with Crippen LogP contribution in [-0.4, -0.2) is 21.0 Å². The Hall–Kier alpha value is -2.15. The summed E-state index contributed by atoms with van der Waals surface area (Å²) in [5.41, 5.74) is 6.89. The molecule has 0 aliphatic rings. The summed E-state index contributed by atoms with van der Waals surface area (Å²) >= 11 is 1.47. The number of nitrogen functional groups attached to an aromatic ring is 1. The molecule has 100 valence electrons. The van der Waals surface area contributed by atoms with Crippen molar-refractivity contribution in [2.75, 3.05) is 11.1 Å². The molecule has 0 atom stereocenters. The van der Waals surface area contributed by atoms with Crippen molar-refractivity contribution in [3.05, 3.63) is 28.4 Å². The van der Waals surface area contributed by atoms with Crippen LogP contribution in [0.5, 0.6) is 0 Å². The van der Waals surface area contributed by atoms with Gasteiger partial charge in [0.25, 0.3) is 0 Å².